The van der Waals surface area contributed by atoms with E-state index in [1.165, 1.54) is 25.7 Å². The summed E-state index contributed by atoms with van der Waals surface area (Å²) in [5.41, 5.74) is 0. The maximum atomic E-state index is 4.40. The highest BCUT2D eigenvalue weighted by molar-refractivity contribution is 5.49. The highest BCUT2D eigenvalue weighted by atomic mass is 15.2. The molecule has 2 heterocycles. The zero-order chi connectivity index (χ0) is 12.4. The molecule has 5 nitrogen and oxygen atoms in total. The van der Waals surface area contributed by atoms with Gasteiger partial charge in [-0.25, -0.2) is 9.97 Å². The molecule has 3 rings (SSSR count). The van der Waals surface area contributed by atoms with Crippen LogP contribution in [0.1, 0.15) is 25.7 Å². The molecule has 0 radical (unpaired) electrons. The molecule has 2 N–H and O–H groups in total. The van der Waals surface area contributed by atoms with Crippen LogP contribution in [0.2, 0.25) is 0 Å². The zero-order valence-corrected chi connectivity index (χ0v) is 10.9. The normalized spacial score (nSPS) is 21.1. The van der Waals surface area contributed by atoms with Gasteiger partial charge >= 0.3 is 0 Å². The second-order valence-corrected chi connectivity index (χ2v) is 5.23. The summed E-state index contributed by atoms with van der Waals surface area (Å²) in [5.74, 6) is 2.03. The number of hydrogen-bond acceptors (Lipinski definition) is 5. The van der Waals surface area contributed by atoms with Gasteiger partial charge in [0.05, 0.1) is 0 Å². The van der Waals surface area contributed by atoms with Crippen molar-refractivity contribution in [2.75, 3.05) is 30.4 Å². The molecule has 0 unspecified atom stereocenters. The minimum absolute atomic E-state index is 0.641. The van der Waals surface area contributed by atoms with Gasteiger partial charge in [-0.3, -0.25) is 0 Å². The molecular formula is C13H21N5. The Morgan fingerprint density at radius 2 is 1.89 bits per heavy atom. The van der Waals surface area contributed by atoms with Crippen LogP contribution in [0.4, 0.5) is 11.6 Å². The second-order valence-electron chi connectivity index (χ2n) is 5.23. The molecule has 1 aromatic heterocycles. The van der Waals surface area contributed by atoms with Gasteiger partial charge in [-0.1, -0.05) is 0 Å². The van der Waals surface area contributed by atoms with Crippen molar-refractivity contribution < 1.29 is 0 Å². The lowest BCUT2D eigenvalue weighted by molar-refractivity contribution is 0.440. The third-order valence-electron chi connectivity index (χ3n) is 3.81. The van der Waals surface area contributed by atoms with Crippen molar-refractivity contribution in [3.63, 3.8) is 0 Å². The smallest absolute Gasteiger partial charge is 0.134 e. The van der Waals surface area contributed by atoms with Crippen LogP contribution in [0.5, 0.6) is 0 Å². The van der Waals surface area contributed by atoms with Gasteiger partial charge in [0.1, 0.15) is 18.0 Å². The maximum Gasteiger partial charge on any atom is 0.134 e. The molecule has 1 aromatic rings. The van der Waals surface area contributed by atoms with Crippen LogP contribution < -0.4 is 15.5 Å². The van der Waals surface area contributed by atoms with E-state index in [9.17, 15) is 0 Å². The Kier molecular flexibility index (Phi) is 3.32. The lowest BCUT2D eigenvalue weighted by atomic mass is 10.1. The van der Waals surface area contributed by atoms with E-state index in [2.05, 4.69) is 31.6 Å². The summed E-state index contributed by atoms with van der Waals surface area (Å²) in [6.45, 7) is 2.15. The van der Waals surface area contributed by atoms with E-state index >= 15 is 0 Å². The highest BCUT2D eigenvalue weighted by Gasteiger charge is 2.22. The summed E-state index contributed by atoms with van der Waals surface area (Å²) in [4.78, 5) is 11.0. The Balaban J connectivity index is 1.64. The lowest BCUT2D eigenvalue weighted by Crippen LogP contribution is -2.41. The predicted molar refractivity (Wildman–Crippen MR) is 73.0 cm³/mol. The number of nitrogens with zero attached hydrogens (tertiary/aromatic N) is 3. The Bertz CT molecular complexity index is 396. The van der Waals surface area contributed by atoms with Crippen LogP contribution in [0.3, 0.4) is 0 Å². The van der Waals surface area contributed by atoms with Crippen molar-refractivity contribution >= 4 is 11.6 Å². The van der Waals surface area contributed by atoms with Crippen LogP contribution in [0.15, 0.2) is 12.4 Å². The molecule has 0 spiro atoms. The third kappa shape index (κ3) is 2.72. The molecule has 0 bridgehead atoms. The lowest BCUT2D eigenvalue weighted by Gasteiger charge is -2.32. The van der Waals surface area contributed by atoms with Gasteiger partial charge in [-0.05, 0) is 32.7 Å². The molecule has 0 aromatic carbocycles. The standard InChI is InChI=1S/C13H21N5/c1-14-10-4-6-18(7-5-10)13-8-12(15-9-16-13)17-11-2-3-11/h8-11,14H,2-7H2,1H3,(H,15,16,17). The largest absolute Gasteiger partial charge is 0.367 e. The van der Waals surface area contributed by atoms with Gasteiger partial charge in [0.15, 0.2) is 0 Å². The van der Waals surface area contributed by atoms with Gasteiger partial charge in [0.2, 0.25) is 0 Å². The topological polar surface area (TPSA) is 53.1 Å². The maximum absolute atomic E-state index is 4.40. The van der Waals surface area contributed by atoms with Crippen LogP contribution >= 0.6 is 0 Å². The van der Waals surface area contributed by atoms with Crippen molar-refractivity contribution in [3.05, 3.63) is 12.4 Å². The minimum atomic E-state index is 0.641. The summed E-state index contributed by atoms with van der Waals surface area (Å²) in [6, 6.07) is 3.38. The highest BCUT2D eigenvalue weighted by Crippen LogP contribution is 2.25. The Hall–Kier alpha value is -1.36. The SMILES string of the molecule is CNC1CCN(c2cc(NC3CC3)ncn2)CC1. The van der Waals surface area contributed by atoms with E-state index in [1.54, 1.807) is 6.33 Å². The molecule has 1 saturated carbocycles. The third-order valence-corrected chi connectivity index (χ3v) is 3.81. The molecule has 1 saturated heterocycles. The first-order valence-electron chi connectivity index (χ1n) is 6.86. The summed E-state index contributed by atoms with van der Waals surface area (Å²) >= 11 is 0. The molecule has 1 aliphatic heterocycles. The van der Waals surface area contributed by atoms with E-state index in [1.807, 2.05) is 7.05 Å². The summed E-state index contributed by atoms with van der Waals surface area (Å²) in [6.07, 6.45) is 6.59. The van der Waals surface area contributed by atoms with E-state index in [-0.39, 0.29) is 0 Å². The molecule has 2 aliphatic rings. The van der Waals surface area contributed by atoms with Crippen molar-refractivity contribution in [1.82, 2.24) is 15.3 Å². The first kappa shape index (κ1) is 11.7. The minimum Gasteiger partial charge on any atom is -0.367 e. The summed E-state index contributed by atoms with van der Waals surface area (Å²) in [5, 5.41) is 6.78. The van der Waals surface area contributed by atoms with E-state index in [0.717, 1.165) is 24.7 Å². The van der Waals surface area contributed by atoms with Gasteiger partial charge < -0.3 is 15.5 Å². The van der Waals surface area contributed by atoms with E-state index < -0.39 is 0 Å². The second kappa shape index (κ2) is 5.10. The zero-order valence-electron chi connectivity index (χ0n) is 10.9. The number of aromatic nitrogens is 2. The molecule has 98 valence electrons. The fourth-order valence-electron chi connectivity index (χ4n) is 2.43. The molecule has 0 amide bonds. The summed E-state index contributed by atoms with van der Waals surface area (Å²) < 4.78 is 0. The number of rotatable bonds is 4. The number of nitrogens with one attached hydrogen (secondary N) is 2. The molecular weight excluding hydrogens is 226 g/mol. The van der Waals surface area contributed by atoms with Crippen LogP contribution in [-0.4, -0.2) is 42.2 Å². The molecule has 5 heteroatoms. The van der Waals surface area contributed by atoms with Gasteiger partial charge in [0, 0.05) is 31.2 Å². The fourth-order valence-corrected chi connectivity index (χ4v) is 2.43. The Labute approximate surface area is 108 Å². The van der Waals surface area contributed by atoms with Gasteiger partial charge in [-0.15, -0.1) is 0 Å². The van der Waals surface area contributed by atoms with E-state index in [0.29, 0.717) is 12.1 Å². The Morgan fingerprint density at radius 3 is 2.56 bits per heavy atom. The molecule has 1 aliphatic carbocycles. The number of piperidine rings is 1. The average Bonchev–Trinajstić information content (AvgIpc) is 3.23. The first-order valence-corrected chi connectivity index (χ1v) is 6.86. The first-order chi connectivity index (χ1) is 8.85. The Morgan fingerprint density at radius 1 is 1.11 bits per heavy atom. The number of hydrogen-bond donors (Lipinski definition) is 2. The van der Waals surface area contributed by atoms with Crippen molar-refractivity contribution in [3.8, 4) is 0 Å². The van der Waals surface area contributed by atoms with Crippen LogP contribution in [0, 0.1) is 0 Å². The molecule has 0 atom stereocenters. The van der Waals surface area contributed by atoms with Gasteiger partial charge in [-0.2, -0.15) is 0 Å². The van der Waals surface area contributed by atoms with Crippen LogP contribution in [0.25, 0.3) is 0 Å². The molecule has 18 heavy (non-hydrogen) atoms. The average molecular weight is 247 g/mol. The van der Waals surface area contributed by atoms with Crippen molar-refractivity contribution in [2.45, 2.75) is 37.8 Å². The van der Waals surface area contributed by atoms with Gasteiger partial charge in [0.25, 0.3) is 0 Å². The van der Waals surface area contributed by atoms with E-state index in [4.69, 9.17) is 0 Å². The fraction of sp³-hybridized carbons (Fsp3) is 0.692. The van der Waals surface area contributed by atoms with Crippen molar-refractivity contribution in [1.29, 1.82) is 0 Å². The monoisotopic (exact) mass is 247 g/mol. The van der Waals surface area contributed by atoms with Crippen LogP contribution in [-0.2, 0) is 0 Å². The summed E-state index contributed by atoms with van der Waals surface area (Å²) in [7, 11) is 2.04. The molecule has 2 fully saturated rings. The number of anilines is 2. The predicted octanol–water partition coefficient (Wildman–Crippen LogP) is 1.24. The van der Waals surface area contributed by atoms with Crippen molar-refractivity contribution in [2.24, 2.45) is 0 Å². The quantitative estimate of drug-likeness (QED) is 0.838.